The van der Waals surface area contributed by atoms with Crippen molar-refractivity contribution in [3.8, 4) is 0 Å². The van der Waals surface area contributed by atoms with Gasteiger partial charge in [-0.3, -0.25) is 4.79 Å². The number of para-hydroxylation sites is 1. The fourth-order valence-electron chi connectivity index (χ4n) is 1.86. The number of carbonyl (C=O) groups excluding carboxylic acids is 1. The molecule has 0 bridgehead atoms. The van der Waals surface area contributed by atoms with Crippen LogP contribution in [0.2, 0.25) is 0 Å². The summed E-state index contributed by atoms with van der Waals surface area (Å²) in [5, 5.41) is 3.02. The third kappa shape index (κ3) is 2.46. The minimum Gasteiger partial charge on any atom is -0.326 e. The molecule has 1 aromatic rings. The fourth-order valence-corrected chi connectivity index (χ4v) is 2.26. The van der Waals surface area contributed by atoms with E-state index in [2.05, 4.69) is 28.2 Å². The Hall–Kier alpha value is -0.830. The zero-order valence-electron chi connectivity index (χ0n) is 9.37. The second kappa shape index (κ2) is 5.00. The van der Waals surface area contributed by atoms with Gasteiger partial charge in [0, 0.05) is 16.4 Å². The van der Waals surface area contributed by atoms with Gasteiger partial charge in [-0.25, -0.2) is 0 Å². The molecule has 1 atom stereocenters. The number of nitrogens with one attached hydrogen (secondary N) is 1. The van der Waals surface area contributed by atoms with Gasteiger partial charge < -0.3 is 5.32 Å². The van der Waals surface area contributed by atoms with Gasteiger partial charge in [-0.15, -0.1) is 0 Å². The van der Waals surface area contributed by atoms with Gasteiger partial charge in [0.15, 0.2) is 0 Å². The van der Waals surface area contributed by atoms with Crippen molar-refractivity contribution in [2.24, 2.45) is 5.92 Å². The predicted molar refractivity (Wildman–Crippen MR) is 69.8 cm³/mol. The molecule has 2 rings (SSSR count). The lowest BCUT2D eigenvalue weighted by Crippen LogP contribution is -2.28. The smallest absolute Gasteiger partial charge is 0.227 e. The first-order valence-electron chi connectivity index (χ1n) is 5.72. The zero-order chi connectivity index (χ0) is 11.5. The maximum Gasteiger partial charge on any atom is 0.227 e. The molecule has 0 aromatic heterocycles. The topological polar surface area (TPSA) is 29.1 Å². The molecule has 86 valence electrons. The number of hydrogen-bond acceptors (Lipinski definition) is 1. The molecule has 1 unspecified atom stereocenters. The highest BCUT2D eigenvalue weighted by atomic mass is 79.9. The first kappa shape index (κ1) is 11.6. The number of benzene rings is 1. The van der Waals surface area contributed by atoms with Crippen molar-refractivity contribution >= 4 is 27.5 Å². The maximum atomic E-state index is 11.8. The van der Waals surface area contributed by atoms with Gasteiger partial charge in [0.25, 0.3) is 0 Å². The van der Waals surface area contributed by atoms with Crippen molar-refractivity contribution in [2.45, 2.75) is 31.0 Å². The van der Waals surface area contributed by atoms with Crippen molar-refractivity contribution < 1.29 is 4.79 Å². The van der Waals surface area contributed by atoms with Crippen LogP contribution in [0.25, 0.3) is 0 Å². The van der Waals surface area contributed by atoms with Crippen LogP contribution in [0.5, 0.6) is 0 Å². The van der Waals surface area contributed by atoms with E-state index in [1.807, 2.05) is 24.3 Å². The van der Waals surface area contributed by atoms with Crippen LogP contribution in [0.3, 0.4) is 0 Å². The third-order valence-electron chi connectivity index (χ3n) is 3.12. The largest absolute Gasteiger partial charge is 0.326 e. The van der Waals surface area contributed by atoms with Crippen LogP contribution in [0.4, 0.5) is 5.69 Å². The van der Waals surface area contributed by atoms with E-state index >= 15 is 0 Å². The number of alkyl halides is 1. The summed E-state index contributed by atoms with van der Waals surface area (Å²) in [4.78, 5) is 12.1. The van der Waals surface area contributed by atoms with Crippen LogP contribution < -0.4 is 5.32 Å². The number of hydrogen-bond donors (Lipinski definition) is 1. The highest BCUT2D eigenvalue weighted by Gasteiger charge is 2.25. The van der Waals surface area contributed by atoms with E-state index in [1.165, 1.54) is 6.42 Å². The van der Waals surface area contributed by atoms with Crippen LogP contribution >= 0.6 is 15.9 Å². The lowest BCUT2D eigenvalue weighted by atomic mass is 9.85. The monoisotopic (exact) mass is 281 g/mol. The number of anilines is 1. The number of amides is 1. The molecule has 1 aromatic carbocycles. The van der Waals surface area contributed by atoms with E-state index in [9.17, 15) is 4.79 Å². The molecule has 3 heteroatoms. The van der Waals surface area contributed by atoms with Crippen LogP contribution in [0, 0.1) is 5.92 Å². The molecule has 1 fully saturated rings. The second-order valence-electron chi connectivity index (χ2n) is 4.32. The van der Waals surface area contributed by atoms with Crippen LogP contribution in [-0.4, -0.2) is 5.91 Å². The molecule has 0 radical (unpaired) electrons. The molecule has 0 aliphatic heterocycles. The molecule has 1 aliphatic rings. The third-order valence-corrected chi connectivity index (χ3v) is 3.62. The SMILES string of the molecule is CC(Br)c1ccccc1NC(=O)C1CCC1. The van der Waals surface area contributed by atoms with E-state index < -0.39 is 0 Å². The summed E-state index contributed by atoms with van der Waals surface area (Å²) in [6, 6.07) is 7.95. The maximum absolute atomic E-state index is 11.8. The Kier molecular flexibility index (Phi) is 3.64. The summed E-state index contributed by atoms with van der Waals surface area (Å²) in [5.41, 5.74) is 2.07. The zero-order valence-corrected chi connectivity index (χ0v) is 11.0. The minimum absolute atomic E-state index is 0.173. The van der Waals surface area contributed by atoms with Crippen LogP contribution in [0.15, 0.2) is 24.3 Å². The Labute approximate surface area is 105 Å². The summed E-state index contributed by atoms with van der Waals surface area (Å²) >= 11 is 3.54. The summed E-state index contributed by atoms with van der Waals surface area (Å²) in [7, 11) is 0. The highest BCUT2D eigenvalue weighted by molar-refractivity contribution is 9.09. The average Bonchev–Trinajstić information content (AvgIpc) is 2.15. The van der Waals surface area contributed by atoms with Crippen LogP contribution in [-0.2, 0) is 4.79 Å². The number of rotatable bonds is 3. The molecule has 1 saturated carbocycles. The van der Waals surface area contributed by atoms with Crippen molar-refractivity contribution in [2.75, 3.05) is 5.32 Å². The summed E-state index contributed by atoms with van der Waals surface area (Å²) in [6.45, 7) is 2.06. The standard InChI is InChI=1S/C13H16BrNO/c1-9(14)11-7-2-3-8-12(11)15-13(16)10-5-4-6-10/h2-3,7-10H,4-6H2,1H3,(H,15,16). The first-order chi connectivity index (χ1) is 7.68. The molecule has 2 nitrogen and oxygen atoms in total. The van der Waals surface area contributed by atoms with E-state index in [0.717, 1.165) is 24.1 Å². The molecular formula is C13H16BrNO. The lowest BCUT2D eigenvalue weighted by molar-refractivity contribution is -0.122. The normalized spacial score (nSPS) is 17.6. The van der Waals surface area contributed by atoms with E-state index in [1.54, 1.807) is 0 Å². The van der Waals surface area contributed by atoms with Gasteiger partial charge in [-0.05, 0) is 31.4 Å². The van der Waals surface area contributed by atoms with Gasteiger partial charge in [-0.1, -0.05) is 40.5 Å². The Morgan fingerprint density at radius 2 is 2.12 bits per heavy atom. The second-order valence-corrected chi connectivity index (χ2v) is 5.69. The summed E-state index contributed by atoms with van der Waals surface area (Å²) < 4.78 is 0. The molecular weight excluding hydrogens is 266 g/mol. The molecule has 1 aliphatic carbocycles. The first-order valence-corrected chi connectivity index (χ1v) is 6.64. The quantitative estimate of drug-likeness (QED) is 0.837. The number of carbonyl (C=O) groups is 1. The predicted octanol–water partition coefficient (Wildman–Crippen LogP) is 3.88. The molecule has 16 heavy (non-hydrogen) atoms. The van der Waals surface area contributed by atoms with Gasteiger partial charge in [0.05, 0.1) is 0 Å². The molecule has 1 N–H and O–H groups in total. The lowest BCUT2D eigenvalue weighted by Gasteiger charge is -2.25. The van der Waals surface area contributed by atoms with Gasteiger partial charge in [0.2, 0.25) is 5.91 Å². The van der Waals surface area contributed by atoms with Crippen molar-refractivity contribution in [1.29, 1.82) is 0 Å². The molecule has 1 amide bonds. The van der Waals surface area contributed by atoms with Crippen LogP contribution in [0.1, 0.15) is 36.6 Å². The van der Waals surface area contributed by atoms with E-state index in [4.69, 9.17) is 0 Å². The average molecular weight is 282 g/mol. The highest BCUT2D eigenvalue weighted by Crippen LogP contribution is 2.31. The van der Waals surface area contributed by atoms with Gasteiger partial charge >= 0.3 is 0 Å². The Bertz CT molecular complexity index is 385. The van der Waals surface area contributed by atoms with Crippen molar-refractivity contribution in [3.05, 3.63) is 29.8 Å². The van der Waals surface area contributed by atoms with E-state index in [-0.39, 0.29) is 16.7 Å². The summed E-state index contributed by atoms with van der Waals surface area (Å²) in [6.07, 6.45) is 3.27. The summed E-state index contributed by atoms with van der Waals surface area (Å²) in [5.74, 6) is 0.408. The Morgan fingerprint density at radius 1 is 1.44 bits per heavy atom. The molecule has 0 spiro atoms. The van der Waals surface area contributed by atoms with Gasteiger partial charge in [0.1, 0.15) is 0 Å². The van der Waals surface area contributed by atoms with E-state index in [0.29, 0.717) is 0 Å². The molecule has 0 heterocycles. The minimum atomic E-state index is 0.173. The Morgan fingerprint density at radius 3 is 2.69 bits per heavy atom. The van der Waals surface area contributed by atoms with Gasteiger partial charge in [-0.2, -0.15) is 0 Å². The molecule has 0 saturated heterocycles. The van der Waals surface area contributed by atoms with Crippen molar-refractivity contribution in [3.63, 3.8) is 0 Å². The number of halogens is 1. The fraction of sp³-hybridized carbons (Fsp3) is 0.462. The van der Waals surface area contributed by atoms with Crippen molar-refractivity contribution in [1.82, 2.24) is 0 Å². The Balaban J connectivity index is 2.10.